The second-order valence-electron chi connectivity index (χ2n) is 4.55. The van der Waals surface area contributed by atoms with Gasteiger partial charge in [-0.25, -0.2) is 18.0 Å². The Morgan fingerprint density at radius 1 is 0.905 bits per heavy atom. The van der Waals surface area contributed by atoms with Gasteiger partial charge in [0.15, 0.2) is 17.5 Å². The first kappa shape index (κ1) is 13.9. The predicted molar refractivity (Wildman–Crippen MR) is 76.0 cm³/mol. The maximum Gasteiger partial charge on any atom is 0.323 e. The number of alkyl halides is 1. The van der Waals surface area contributed by atoms with Crippen LogP contribution in [0.15, 0.2) is 35.1 Å². The maximum atomic E-state index is 13.3. The fourth-order valence-electron chi connectivity index (χ4n) is 2.12. The molecule has 0 bridgehead atoms. The van der Waals surface area contributed by atoms with Gasteiger partial charge in [-0.3, -0.25) is 0 Å². The summed E-state index contributed by atoms with van der Waals surface area (Å²) >= 11 is 3.32. The molecule has 1 aromatic heterocycles. The first-order chi connectivity index (χ1) is 9.95. The van der Waals surface area contributed by atoms with Crippen LogP contribution in [0.1, 0.15) is 16.0 Å². The predicted octanol–water partition coefficient (Wildman–Crippen LogP) is 3.76. The van der Waals surface area contributed by atoms with Crippen molar-refractivity contribution in [2.24, 2.45) is 0 Å². The van der Waals surface area contributed by atoms with Crippen LogP contribution in [0.5, 0.6) is 0 Å². The Balaban J connectivity index is 2.07. The molecule has 2 aromatic carbocycles. The molecule has 1 unspecified atom stereocenters. The molecule has 0 aliphatic rings. The molecule has 7 heteroatoms. The number of hydrogen-bond acceptors (Lipinski definition) is 1. The summed E-state index contributed by atoms with van der Waals surface area (Å²) in [7, 11) is 0. The second kappa shape index (κ2) is 5.07. The Bertz CT molecular complexity index is 864. The lowest BCUT2D eigenvalue weighted by Gasteiger charge is -2.11. The number of rotatable bonds is 2. The molecule has 0 saturated heterocycles. The zero-order valence-electron chi connectivity index (χ0n) is 10.4. The quantitative estimate of drug-likeness (QED) is 0.533. The highest BCUT2D eigenvalue weighted by Gasteiger charge is 2.17. The molecule has 0 radical (unpaired) electrons. The number of nitrogens with one attached hydrogen (secondary N) is 2. The van der Waals surface area contributed by atoms with Crippen LogP contribution in [0.2, 0.25) is 0 Å². The number of hydrogen-bond donors (Lipinski definition) is 2. The van der Waals surface area contributed by atoms with Gasteiger partial charge in [0.1, 0.15) is 0 Å². The third kappa shape index (κ3) is 2.49. The van der Waals surface area contributed by atoms with Crippen molar-refractivity contribution in [1.29, 1.82) is 0 Å². The molecule has 1 heterocycles. The van der Waals surface area contributed by atoms with Crippen molar-refractivity contribution in [3.8, 4) is 0 Å². The Morgan fingerprint density at radius 3 is 2.19 bits per heavy atom. The third-order valence-corrected chi connectivity index (χ3v) is 4.19. The third-order valence-electron chi connectivity index (χ3n) is 3.13. The molecule has 108 valence electrons. The molecule has 2 N–H and O–H groups in total. The van der Waals surface area contributed by atoms with E-state index in [0.29, 0.717) is 16.6 Å². The van der Waals surface area contributed by atoms with E-state index in [9.17, 15) is 18.0 Å². The summed E-state index contributed by atoms with van der Waals surface area (Å²) in [5.74, 6) is -3.99. The number of aromatic nitrogens is 2. The van der Waals surface area contributed by atoms with Gasteiger partial charge in [-0.05, 0) is 35.4 Å². The molecule has 0 aliphatic carbocycles. The number of H-pyrrole nitrogens is 2. The van der Waals surface area contributed by atoms with Crippen molar-refractivity contribution >= 4 is 27.0 Å². The highest BCUT2D eigenvalue weighted by Crippen LogP contribution is 2.33. The Morgan fingerprint density at radius 2 is 1.52 bits per heavy atom. The minimum atomic E-state index is -1.50. The highest BCUT2D eigenvalue weighted by atomic mass is 79.9. The fraction of sp³-hybridized carbons (Fsp3) is 0.0714. The number of imidazole rings is 1. The van der Waals surface area contributed by atoms with Gasteiger partial charge >= 0.3 is 5.69 Å². The van der Waals surface area contributed by atoms with Gasteiger partial charge < -0.3 is 9.97 Å². The van der Waals surface area contributed by atoms with Crippen LogP contribution in [-0.2, 0) is 0 Å². The van der Waals surface area contributed by atoms with Gasteiger partial charge in [0, 0.05) is 0 Å². The first-order valence-corrected chi connectivity index (χ1v) is 6.88. The molecule has 0 spiro atoms. The van der Waals surface area contributed by atoms with Crippen LogP contribution < -0.4 is 5.69 Å². The van der Waals surface area contributed by atoms with Gasteiger partial charge in [-0.1, -0.05) is 22.0 Å². The van der Waals surface area contributed by atoms with Crippen molar-refractivity contribution < 1.29 is 13.2 Å². The average molecular weight is 357 g/mol. The molecule has 0 amide bonds. The van der Waals surface area contributed by atoms with Crippen LogP contribution in [0.4, 0.5) is 13.2 Å². The summed E-state index contributed by atoms with van der Waals surface area (Å²) in [6, 6.07) is 6.91. The number of aromatic amines is 2. The second-order valence-corrected chi connectivity index (χ2v) is 5.46. The SMILES string of the molecule is O=c1[nH]c2ccc(C(Br)c3cc(F)c(F)c(F)c3)cc2[nH]1. The highest BCUT2D eigenvalue weighted by molar-refractivity contribution is 9.09. The normalized spacial score (nSPS) is 12.8. The van der Waals surface area contributed by atoms with E-state index in [2.05, 4.69) is 25.9 Å². The lowest BCUT2D eigenvalue weighted by molar-refractivity contribution is 0.445. The summed E-state index contributed by atoms with van der Waals surface area (Å²) in [5, 5.41) is 0. The van der Waals surface area contributed by atoms with E-state index < -0.39 is 22.3 Å². The maximum absolute atomic E-state index is 13.3. The van der Waals surface area contributed by atoms with Gasteiger partial charge in [0.25, 0.3) is 0 Å². The van der Waals surface area contributed by atoms with E-state index in [1.54, 1.807) is 18.2 Å². The summed E-state index contributed by atoms with van der Waals surface area (Å²) in [4.78, 5) is 15.9. The smallest absolute Gasteiger partial charge is 0.306 e. The topological polar surface area (TPSA) is 48.6 Å². The monoisotopic (exact) mass is 356 g/mol. The Labute approximate surface area is 124 Å². The minimum Gasteiger partial charge on any atom is -0.306 e. The van der Waals surface area contributed by atoms with Crippen LogP contribution in [0.3, 0.4) is 0 Å². The lowest BCUT2D eigenvalue weighted by atomic mass is 10.0. The zero-order chi connectivity index (χ0) is 15.1. The van der Waals surface area contributed by atoms with Crippen molar-refractivity contribution in [3.05, 3.63) is 69.4 Å². The molecule has 3 rings (SSSR count). The van der Waals surface area contributed by atoms with Crippen LogP contribution >= 0.6 is 15.9 Å². The zero-order valence-corrected chi connectivity index (χ0v) is 12.0. The summed E-state index contributed by atoms with van der Waals surface area (Å²) in [6.07, 6.45) is 0. The van der Waals surface area contributed by atoms with E-state index in [1.807, 2.05) is 0 Å². The molecule has 21 heavy (non-hydrogen) atoms. The molecule has 0 saturated carbocycles. The van der Waals surface area contributed by atoms with Crippen LogP contribution in [0, 0.1) is 17.5 Å². The van der Waals surface area contributed by atoms with Gasteiger partial charge in [0.2, 0.25) is 0 Å². The van der Waals surface area contributed by atoms with E-state index in [4.69, 9.17) is 0 Å². The van der Waals surface area contributed by atoms with Crippen LogP contribution in [-0.4, -0.2) is 9.97 Å². The number of fused-ring (bicyclic) bond motifs is 1. The molecular formula is C14H8BrF3N2O. The Hall–Kier alpha value is -2.02. The van der Waals surface area contributed by atoms with E-state index >= 15 is 0 Å². The Kier molecular flexibility index (Phi) is 3.36. The van der Waals surface area contributed by atoms with Crippen molar-refractivity contribution in [3.63, 3.8) is 0 Å². The fourth-order valence-corrected chi connectivity index (χ4v) is 2.67. The van der Waals surface area contributed by atoms with Gasteiger partial charge in [0.05, 0.1) is 15.9 Å². The van der Waals surface area contributed by atoms with E-state index in [0.717, 1.165) is 12.1 Å². The molecule has 1 atom stereocenters. The summed E-state index contributed by atoms with van der Waals surface area (Å²) < 4.78 is 39.5. The van der Waals surface area contributed by atoms with E-state index in [-0.39, 0.29) is 11.3 Å². The molecule has 3 aromatic rings. The average Bonchev–Trinajstić information content (AvgIpc) is 2.82. The standard InChI is InChI=1S/C14H8BrF3N2O/c15-12(7-3-8(16)13(18)9(17)4-7)6-1-2-10-11(5-6)20-14(21)19-10/h1-5,12H,(H2,19,20,21). The van der Waals surface area contributed by atoms with Gasteiger partial charge in [-0.15, -0.1) is 0 Å². The molecule has 3 nitrogen and oxygen atoms in total. The largest absolute Gasteiger partial charge is 0.323 e. The van der Waals surface area contributed by atoms with Crippen molar-refractivity contribution in [2.75, 3.05) is 0 Å². The molecular weight excluding hydrogens is 349 g/mol. The molecule has 0 fully saturated rings. The minimum absolute atomic E-state index is 0.239. The van der Waals surface area contributed by atoms with E-state index in [1.165, 1.54) is 0 Å². The first-order valence-electron chi connectivity index (χ1n) is 5.96. The summed E-state index contributed by atoms with van der Waals surface area (Å²) in [6.45, 7) is 0. The summed E-state index contributed by atoms with van der Waals surface area (Å²) in [5.41, 5.74) is 1.77. The number of halogens is 4. The van der Waals surface area contributed by atoms with Crippen LogP contribution in [0.25, 0.3) is 11.0 Å². The molecule has 0 aliphatic heterocycles. The van der Waals surface area contributed by atoms with Gasteiger partial charge in [-0.2, -0.15) is 0 Å². The number of benzene rings is 2. The van der Waals surface area contributed by atoms with Crippen molar-refractivity contribution in [1.82, 2.24) is 9.97 Å². The lowest BCUT2D eigenvalue weighted by Crippen LogP contribution is -1.99. The van der Waals surface area contributed by atoms with Crippen molar-refractivity contribution in [2.45, 2.75) is 4.83 Å².